The number of nitrogens with two attached hydrogens (primary N) is 1. The maximum atomic E-state index is 12.5. The Labute approximate surface area is 122 Å². The molecular weight excluding hydrogens is 268 g/mol. The van der Waals surface area contributed by atoms with Crippen molar-refractivity contribution >= 4 is 17.2 Å². The minimum atomic E-state index is 0.0670. The van der Waals surface area contributed by atoms with E-state index >= 15 is 0 Å². The Balaban J connectivity index is 1.62. The molecule has 0 radical (unpaired) electrons. The maximum absolute atomic E-state index is 12.5. The van der Waals surface area contributed by atoms with E-state index in [4.69, 9.17) is 5.73 Å². The van der Waals surface area contributed by atoms with Crippen molar-refractivity contribution in [3.63, 3.8) is 0 Å². The number of carbonyl (C=O) groups is 1. The van der Waals surface area contributed by atoms with E-state index in [0.717, 1.165) is 18.0 Å². The van der Waals surface area contributed by atoms with Crippen molar-refractivity contribution in [2.45, 2.75) is 12.0 Å². The van der Waals surface area contributed by atoms with Crippen LogP contribution in [0.4, 0.5) is 0 Å². The molecule has 102 valence electrons. The topological polar surface area (TPSA) is 46.3 Å². The standard InChI is InChI=1S/C16H16N2OS/c17-15-11-5-2-1-4-10(11)12-8-18(9-13(12)15)16(19)14-6-3-7-20-14/h1-7,12-13,15H,8-9,17H2/t12-,13-,15+/m0/s1. The zero-order valence-corrected chi connectivity index (χ0v) is 11.8. The predicted molar refractivity (Wildman–Crippen MR) is 79.8 cm³/mol. The van der Waals surface area contributed by atoms with Crippen LogP contribution in [-0.2, 0) is 0 Å². The average Bonchev–Trinajstić information content (AvgIpc) is 3.18. The van der Waals surface area contributed by atoms with E-state index in [1.54, 1.807) is 0 Å². The lowest BCUT2D eigenvalue weighted by atomic mass is 9.95. The van der Waals surface area contributed by atoms with Crippen molar-refractivity contribution in [1.82, 2.24) is 4.90 Å². The first kappa shape index (κ1) is 12.1. The van der Waals surface area contributed by atoms with Crippen LogP contribution in [-0.4, -0.2) is 23.9 Å². The third-order valence-corrected chi connectivity index (χ3v) is 5.46. The van der Waals surface area contributed by atoms with Crippen molar-refractivity contribution in [2.75, 3.05) is 13.1 Å². The Morgan fingerprint density at radius 2 is 1.95 bits per heavy atom. The first-order valence-electron chi connectivity index (χ1n) is 6.93. The van der Waals surface area contributed by atoms with Gasteiger partial charge in [0, 0.05) is 31.0 Å². The van der Waals surface area contributed by atoms with Crippen LogP contribution in [0.25, 0.3) is 0 Å². The van der Waals surface area contributed by atoms with E-state index in [9.17, 15) is 4.79 Å². The number of rotatable bonds is 1. The number of fused-ring (bicyclic) bond motifs is 3. The number of carbonyl (C=O) groups excluding carboxylic acids is 1. The van der Waals surface area contributed by atoms with E-state index in [0.29, 0.717) is 11.8 Å². The highest BCUT2D eigenvalue weighted by Crippen LogP contribution is 2.48. The fraction of sp³-hybridized carbons (Fsp3) is 0.312. The van der Waals surface area contributed by atoms with Crippen molar-refractivity contribution in [2.24, 2.45) is 11.7 Å². The zero-order chi connectivity index (χ0) is 13.7. The molecule has 2 heterocycles. The number of nitrogens with zero attached hydrogens (tertiary/aromatic N) is 1. The van der Waals surface area contributed by atoms with Gasteiger partial charge in [0.05, 0.1) is 4.88 Å². The van der Waals surface area contributed by atoms with Gasteiger partial charge in [0.15, 0.2) is 0 Å². The smallest absolute Gasteiger partial charge is 0.263 e. The Hall–Kier alpha value is -1.65. The lowest BCUT2D eigenvalue weighted by molar-refractivity contribution is 0.0788. The average molecular weight is 284 g/mol. The fourth-order valence-corrected chi connectivity index (χ4v) is 4.32. The second-order valence-electron chi connectivity index (χ2n) is 5.61. The SMILES string of the molecule is N[C@@H]1c2ccccc2[C@@H]2CN(C(=O)c3cccs3)C[C@H]12. The zero-order valence-electron chi connectivity index (χ0n) is 11.0. The molecule has 0 bridgehead atoms. The summed E-state index contributed by atoms with van der Waals surface area (Å²) in [6.45, 7) is 1.57. The van der Waals surface area contributed by atoms with Crippen LogP contribution in [0.3, 0.4) is 0 Å². The predicted octanol–water partition coefficient (Wildman–Crippen LogP) is 2.62. The van der Waals surface area contributed by atoms with Gasteiger partial charge in [0.1, 0.15) is 0 Å². The molecule has 3 atom stereocenters. The molecule has 0 unspecified atom stereocenters. The molecule has 1 aromatic heterocycles. The highest BCUT2D eigenvalue weighted by Gasteiger charge is 2.45. The molecule has 1 aliphatic carbocycles. The fourth-order valence-electron chi connectivity index (χ4n) is 3.63. The third-order valence-electron chi connectivity index (χ3n) is 4.60. The van der Waals surface area contributed by atoms with Gasteiger partial charge in [0.25, 0.3) is 5.91 Å². The normalized spacial score (nSPS) is 27.4. The lowest BCUT2D eigenvalue weighted by Gasteiger charge is -2.18. The molecule has 0 spiro atoms. The van der Waals surface area contributed by atoms with Crippen LogP contribution >= 0.6 is 11.3 Å². The van der Waals surface area contributed by atoms with Crippen molar-refractivity contribution in [1.29, 1.82) is 0 Å². The van der Waals surface area contributed by atoms with Crippen molar-refractivity contribution in [3.8, 4) is 0 Å². The van der Waals surface area contributed by atoms with Gasteiger partial charge in [-0.15, -0.1) is 11.3 Å². The van der Waals surface area contributed by atoms with Gasteiger partial charge >= 0.3 is 0 Å². The van der Waals surface area contributed by atoms with Gasteiger partial charge in [0.2, 0.25) is 0 Å². The van der Waals surface area contributed by atoms with Gasteiger partial charge < -0.3 is 10.6 Å². The molecule has 1 aromatic carbocycles. The van der Waals surface area contributed by atoms with Gasteiger partial charge in [-0.2, -0.15) is 0 Å². The lowest BCUT2D eigenvalue weighted by Crippen LogP contribution is -2.30. The molecule has 3 nitrogen and oxygen atoms in total. The van der Waals surface area contributed by atoms with E-state index in [2.05, 4.69) is 18.2 Å². The molecule has 1 aliphatic heterocycles. The van der Waals surface area contributed by atoms with Gasteiger partial charge in [-0.3, -0.25) is 4.79 Å². The molecule has 2 aromatic rings. The molecule has 1 amide bonds. The molecule has 2 N–H and O–H groups in total. The Kier molecular flexibility index (Phi) is 2.69. The first-order chi connectivity index (χ1) is 9.75. The summed E-state index contributed by atoms with van der Waals surface area (Å²) in [5.74, 6) is 0.931. The second kappa shape index (κ2) is 4.43. The molecule has 20 heavy (non-hydrogen) atoms. The van der Waals surface area contributed by atoms with E-state index in [1.165, 1.54) is 22.5 Å². The summed E-state index contributed by atoms with van der Waals surface area (Å²) in [6.07, 6.45) is 0. The molecule has 1 fully saturated rings. The van der Waals surface area contributed by atoms with E-state index in [1.807, 2.05) is 28.5 Å². The highest BCUT2D eigenvalue weighted by molar-refractivity contribution is 7.12. The van der Waals surface area contributed by atoms with Crippen LogP contribution in [0.1, 0.15) is 32.8 Å². The van der Waals surface area contributed by atoms with Crippen molar-refractivity contribution < 1.29 is 4.79 Å². The summed E-state index contributed by atoms with van der Waals surface area (Å²) in [5, 5.41) is 1.95. The molecule has 0 saturated carbocycles. The quantitative estimate of drug-likeness (QED) is 0.875. The van der Waals surface area contributed by atoms with E-state index < -0.39 is 0 Å². The third kappa shape index (κ3) is 1.65. The number of hydrogen-bond donors (Lipinski definition) is 1. The highest BCUT2D eigenvalue weighted by atomic mass is 32.1. The Morgan fingerprint density at radius 1 is 1.15 bits per heavy atom. The van der Waals surface area contributed by atoms with Crippen LogP contribution in [0.5, 0.6) is 0 Å². The molecule has 4 heteroatoms. The number of thiophene rings is 1. The van der Waals surface area contributed by atoms with Gasteiger partial charge in [-0.05, 0) is 22.6 Å². The Morgan fingerprint density at radius 3 is 2.70 bits per heavy atom. The summed E-state index contributed by atoms with van der Waals surface area (Å²) >= 11 is 1.51. The maximum Gasteiger partial charge on any atom is 0.263 e. The second-order valence-corrected chi connectivity index (χ2v) is 6.56. The minimum Gasteiger partial charge on any atom is -0.337 e. The number of hydrogen-bond acceptors (Lipinski definition) is 3. The minimum absolute atomic E-state index is 0.0670. The van der Waals surface area contributed by atoms with Crippen LogP contribution in [0.2, 0.25) is 0 Å². The summed E-state index contributed by atoms with van der Waals surface area (Å²) in [6, 6.07) is 12.3. The van der Waals surface area contributed by atoms with Gasteiger partial charge in [-0.25, -0.2) is 0 Å². The van der Waals surface area contributed by atoms with Crippen LogP contribution in [0, 0.1) is 5.92 Å². The molecule has 2 aliphatic rings. The number of benzene rings is 1. The van der Waals surface area contributed by atoms with Crippen LogP contribution in [0.15, 0.2) is 41.8 Å². The number of amides is 1. The largest absolute Gasteiger partial charge is 0.337 e. The summed E-state index contributed by atoms with van der Waals surface area (Å²) in [4.78, 5) is 15.2. The molecule has 1 saturated heterocycles. The summed E-state index contributed by atoms with van der Waals surface area (Å²) in [7, 11) is 0. The van der Waals surface area contributed by atoms with Crippen LogP contribution < -0.4 is 5.73 Å². The first-order valence-corrected chi connectivity index (χ1v) is 7.81. The van der Waals surface area contributed by atoms with Crippen molar-refractivity contribution in [3.05, 3.63) is 57.8 Å². The summed E-state index contributed by atoms with van der Waals surface area (Å²) < 4.78 is 0. The van der Waals surface area contributed by atoms with Gasteiger partial charge in [-0.1, -0.05) is 30.3 Å². The summed E-state index contributed by atoms with van der Waals surface area (Å²) in [5.41, 5.74) is 8.99. The molecular formula is C16H16N2OS. The molecule has 4 rings (SSSR count). The Bertz CT molecular complexity index is 652. The monoisotopic (exact) mass is 284 g/mol. The van der Waals surface area contributed by atoms with E-state index in [-0.39, 0.29) is 11.9 Å². The number of likely N-dealkylation sites (tertiary alicyclic amines) is 1.